The summed E-state index contributed by atoms with van der Waals surface area (Å²) >= 11 is 5.86. The summed E-state index contributed by atoms with van der Waals surface area (Å²) in [5, 5.41) is 11.8. The number of carbonyl (C=O) groups excluding carboxylic acids is 6. The average Bonchev–Trinajstić information content (AvgIpc) is 3.41. The molecular formula is C41H39ClN6O6. The van der Waals surface area contributed by atoms with E-state index in [0.29, 0.717) is 71.8 Å². The lowest BCUT2D eigenvalue weighted by Crippen LogP contribution is -2.31. The number of nitrogens with zero attached hydrogens (tertiary/aromatic N) is 2. The van der Waals surface area contributed by atoms with Crippen LogP contribution in [-0.2, 0) is 9.59 Å². The molecule has 3 amide bonds. The van der Waals surface area contributed by atoms with E-state index in [0.717, 1.165) is 0 Å². The molecular weight excluding hydrogens is 708 g/mol. The first kappa shape index (κ1) is 39.0. The van der Waals surface area contributed by atoms with E-state index >= 15 is 0 Å². The Hall–Kier alpha value is -6.19. The fraction of sp³-hybridized carbons (Fsp3) is 0.268. The Balaban J connectivity index is 1.06. The van der Waals surface area contributed by atoms with Crippen LogP contribution in [0.1, 0.15) is 88.3 Å². The molecule has 2 heterocycles. The van der Waals surface area contributed by atoms with Gasteiger partial charge in [-0.2, -0.15) is 0 Å². The molecule has 2 unspecified atom stereocenters. The summed E-state index contributed by atoms with van der Waals surface area (Å²) < 4.78 is 0. The number of nitrogens with one attached hydrogen (secondary N) is 4. The largest absolute Gasteiger partial charge is 0.384 e. The highest BCUT2D eigenvalue weighted by atomic mass is 35.5. The van der Waals surface area contributed by atoms with Crippen LogP contribution in [0.2, 0.25) is 5.15 Å². The zero-order valence-corrected chi connectivity index (χ0v) is 30.6. The third-order valence-electron chi connectivity index (χ3n) is 8.88. The number of anilines is 3. The first-order valence-electron chi connectivity index (χ1n) is 17.6. The number of hydrogen-bond acceptors (Lipinski definition) is 9. The molecule has 1 aliphatic carbocycles. The van der Waals surface area contributed by atoms with Gasteiger partial charge in [-0.05, 0) is 86.7 Å². The van der Waals surface area contributed by atoms with Crippen molar-refractivity contribution in [3.8, 4) is 11.8 Å². The summed E-state index contributed by atoms with van der Waals surface area (Å²) in [7, 11) is 0. The number of amides is 3. The molecule has 0 fully saturated rings. The second kappa shape index (κ2) is 18.5. The topological polar surface area (TPSA) is 176 Å². The predicted molar refractivity (Wildman–Crippen MR) is 206 cm³/mol. The molecule has 0 bridgehead atoms. The molecule has 2 atom stereocenters. The van der Waals surface area contributed by atoms with Gasteiger partial charge < -0.3 is 21.3 Å². The number of Topliss-reactive ketones (excluding diaryl/α,β-unsaturated/α-hetero) is 4. The Morgan fingerprint density at radius 2 is 1.56 bits per heavy atom. The molecule has 2 aromatic carbocycles. The highest BCUT2D eigenvalue weighted by molar-refractivity contribution is 6.30. The normalized spacial score (nSPS) is 13.6. The number of hydrogen-bond donors (Lipinski definition) is 4. The van der Waals surface area contributed by atoms with E-state index in [4.69, 9.17) is 11.6 Å². The molecule has 0 aliphatic heterocycles. The summed E-state index contributed by atoms with van der Waals surface area (Å²) in [6.07, 6.45) is 5.01. The van der Waals surface area contributed by atoms with E-state index in [-0.39, 0.29) is 52.6 Å². The van der Waals surface area contributed by atoms with Crippen LogP contribution in [0.15, 0.2) is 79.1 Å². The minimum absolute atomic E-state index is 0.0139. The van der Waals surface area contributed by atoms with Crippen LogP contribution >= 0.6 is 11.6 Å². The van der Waals surface area contributed by atoms with Gasteiger partial charge >= 0.3 is 6.03 Å². The number of fused-ring (bicyclic) bond motifs is 1. The second-order valence-electron chi connectivity index (χ2n) is 12.7. The number of halogens is 1. The highest BCUT2D eigenvalue weighted by Gasteiger charge is 2.46. The number of benzene rings is 2. The molecule has 0 spiro atoms. The minimum atomic E-state index is -1.11. The summed E-state index contributed by atoms with van der Waals surface area (Å²) in [5.41, 5.74) is 3.69. The fourth-order valence-electron chi connectivity index (χ4n) is 6.04. The lowest BCUT2D eigenvalue weighted by molar-refractivity contribution is -0.122. The van der Waals surface area contributed by atoms with E-state index in [1.165, 1.54) is 25.4 Å². The molecule has 12 nitrogen and oxygen atoms in total. The summed E-state index contributed by atoms with van der Waals surface area (Å²) in [6.45, 7) is 4.02. The third-order valence-corrected chi connectivity index (χ3v) is 9.09. The second-order valence-corrected chi connectivity index (χ2v) is 13.1. The van der Waals surface area contributed by atoms with Gasteiger partial charge in [-0.1, -0.05) is 36.6 Å². The maximum absolute atomic E-state index is 13.5. The molecule has 0 saturated carbocycles. The number of carbonyl (C=O) groups is 6. The van der Waals surface area contributed by atoms with Gasteiger partial charge in [0.05, 0.1) is 11.5 Å². The van der Waals surface area contributed by atoms with Crippen LogP contribution in [0.4, 0.5) is 21.9 Å². The van der Waals surface area contributed by atoms with E-state index in [2.05, 4.69) is 43.1 Å². The first-order valence-corrected chi connectivity index (χ1v) is 17.9. The van der Waals surface area contributed by atoms with Crippen molar-refractivity contribution >= 4 is 63.7 Å². The van der Waals surface area contributed by atoms with Crippen LogP contribution in [0.5, 0.6) is 0 Å². The fourth-order valence-corrected chi connectivity index (χ4v) is 6.22. The molecule has 4 N–H and O–H groups in total. The lowest BCUT2D eigenvalue weighted by Gasteiger charge is -2.18. The number of rotatable bonds is 15. The van der Waals surface area contributed by atoms with Crippen molar-refractivity contribution in [2.24, 2.45) is 11.8 Å². The molecule has 0 saturated heterocycles. The molecule has 2 aromatic heterocycles. The predicted octanol–water partition coefficient (Wildman–Crippen LogP) is 6.76. The van der Waals surface area contributed by atoms with E-state index in [1.807, 2.05) is 0 Å². The maximum atomic E-state index is 13.5. The Morgan fingerprint density at radius 3 is 2.26 bits per heavy atom. The van der Waals surface area contributed by atoms with Crippen molar-refractivity contribution in [1.82, 2.24) is 15.3 Å². The smallest absolute Gasteiger partial charge is 0.323 e. The van der Waals surface area contributed by atoms with Gasteiger partial charge in [0.1, 0.15) is 22.4 Å². The monoisotopic (exact) mass is 746 g/mol. The number of urea groups is 1. The van der Waals surface area contributed by atoms with Crippen LogP contribution in [0, 0.1) is 23.7 Å². The van der Waals surface area contributed by atoms with Gasteiger partial charge in [-0.3, -0.25) is 24.0 Å². The van der Waals surface area contributed by atoms with Gasteiger partial charge in [0.15, 0.2) is 11.6 Å². The van der Waals surface area contributed by atoms with Gasteiger partial charge in [-0.15, -0.1) is 0 Å². The summed E-state index contributed by atoms with van der Waals surface area (Å²) in [4.78, 5) is 84.3. The Labute approximate surface area is 317 Å². The average molecular weight is 747 g/mol. The zero-order valence-electron chi connectivity index (χ0n) is 29.8. The SMILES string of the molecule is CCC(=O)CCC(C(C)=O)C1C(=O)c2cccc(NCCCCNC(=O)c3ccc(C#Cc4cc(NC(=O)Nc5ccnc(Cl)c5)ccn4)cc3)c2C1=O. The van der Waals surface area contributed by atoms with Crippen molar-refractivity contribution in [2.75, 3.05) is 29.0 Å². The van der Waals surface area contributed by atoms with E-state index < -0.39 is 17.9 Å². The molecule has 13 heteroatoms. The van der Waals surface area contributed by atoms with Crippen LogP contribution in [-0.4, -0.2) is 58.1 Å². The van der Waals surface area contributed by atoms with Gasteiger partial charge in [0.25, 0.3) is 5.91 Å². The summed E-state index contributed by atoms with van der Waals surface area (Å²) in [5.74, 6) is 2.74. The molecule has 276 valence electrons. The Bertz CT molecular complexity index is 2140. The van der Waals surface area contributed by atoms with Gasteiger partial charge in [-0.25, -0.2) is 14.8 Å². The van der Waals surface area contributed by atoms with Crippen LogP contribution in [0.3, 0.4) is 0 Å². The van der Waals surface area contributed by atoms with E-state index in [9.17, 15) is 28.8 Å². The van der Waals surface area contributed by atoms with Gasteiger partial charge in [0.2, 0.25) is 0 Å². The number of ketones is 4. The highest BCUT2D eigenvalue weighted by Crippen LogP contribution is 2.38. The van der Waals surface area contributed by atoms with Crippen molar-refractivity contribution in [3.63, 3.8) is 0 Å². The molecule has 4 aromatic rings. The van der Waals surface area contributed by atoms with Crippen LogP contribution in [0.25, 0.3) is 0 Å². The molecule has 5 rings (SSSR count). The Morgan fingerprint density at radius 1 is 0.852 bits per heavy atom. The first-order chi connectivity index (χ1) is 26.0. The standard InChI is InChI=1S/C41H39ClN6O6/c1-3-31(50)15-16-32(25(2)49)37-38(51)33-7-6-8-34(36(33)39(37)52)44-19-4-5-20-46-40(53)27-12-9-26(10-13-27)11-14-28-23-29(17-21-43-28)47-41(54)48-30-18-22-45-35(42)24-30/h6-10,12-13,17-18,21-24,32,37,44H,3-5,15-16,19-20H2,1-2H3,(H,46,53)(H2,43,45,47,48,54). The number of pyridine rings is 2. The van der Waals surface area contributed by atoms with Gasteiger partial charge in [0, 0.05) is 78.0 Å². The lowest BCUT2D eigenvalue weighted by atomic mass is 9.81. The third kappa shape index (κ3) is 10.2. The molecule has 0 radical (unpaired) electrons. The van der Waals surface area contributed by atoms with Crippen molar-refractivity contribution in [2.45, 2.75) is 46.0 Å². The minimum Gasteiger partial charge on any atom is -0.384 e. The zero-order chi connectivity index (χ0) is 38.6. The number of aromatic nitrogens is 2. The quantitative estimate of drug-likeness (QED) is 0.0443. The van der Waals surface area contributed by atoms with E-state index in [1.54, 1.807) is 67.6 Å². The summed E-state index contributed by atoms with van der Waals surface area (Å²) in [6, 6.07) is 17.8. The number of unbranched alkanes of at least 4 members (excludes halogenated alkanes) is 1. The van der Waals surface area contributed by atoms with Crippen molar-refractivity contribution in [1.29, 1.82) is 0 Å². The van der Waals surface area contributed by atoms with Crippen molar-refractivity contribution in [3.05, 3.63) is 112 Å². The van der Waals surface area contributed by atoms with Crippen LogP contribution < -0.4 is 21.3 Å². The molecule has 1 aliphatic rings. The Kier molecular flexibility index (Phi) is 13.4. The van der Waals surface area contributed by atoms with Crippen molar-refractivity contribution < 1.29 is 28.8 Å². The molecule has 54 heavy (non-hydrogen) atoms. The maximum Gasteiger partial charge on any atom is 0.323 e.